The van der Waals surface area contributed by atoms with Gasteiger partial charge in [-0.2, -0.15) is 8.99 Å². The van der Waals surface area contributed by atoms with Crippen molar-refractivity contribution in [3.05, 3.63) is 16.3 Å². The molecule has 1 aromatic heterocycles. The molecular formula is C12H22ClN5O4S. The van der Waals surface area contributed by atoms with E-state index in [2.05, 4.69) is 5.10 Å². The number of aryl methyl sites for hydroxylation is 1. The monoisotopic (exact) mass is 367 g/mol. The van der Waals surface area contributed by atoms with E-state index in [1.165, 1.54) is 15.2 Å². The third kappa shape index (κ3) is 3.65. The van der Waals surface area contributed by atoms with Crippen molar-refractivity contribution >= 4 is 28.2 Å². The number of nitrogens with zero attached hydrogens (tertiary/aromatic N) is 4. The molecule has 1 aliphatic rings. The SMILES string of the molecule is CCn1cc(S(=O)(=O)N2CCC(N)C(C)(C)C2)c([N+](=O)[O-])n1.Cl. The van der Waals surface area contributed by atoms with Gasteiger partial charge in [-0.25, -0.2) is 8.42 Å². The molecule has 0 aliphatic carbocycles. The summed E-state index contributed by atoms with van der Waals surface area (Å²) in [4.78, 5) is 9.97. The quantitative estimate of drug-likeness (QED) is 0.624. The maximum absolute atomic E-state index is 12.8. The van der Waals surface area contributed by atoms with Gasteiger partial charge in [0.2, 0.25) is 4.90 Å². The fraction of sp³-hybridized carbons (Fsp3) is 0.750. The Morgan fingerprint density at radius 2 is 2.13 bits per heavy atom. The lowest BCUT2D eigenvalue weighted by atomic mass is 9.81. The van der Waals surface area contributed by atoms with E-state index in [1.807, 2.05) is 13.8 Å². The smallest absolute Gasteiger partial charge is 0.358 e. The first-order chi connectivity index (χ1) is 10.1. The summed E-state index contributed by atoms with van der Waals surface area (Å²) in [6.45, 7) is 6.35. The highest BCUT2D eigenvalue weighted by Crippen LogP contribution is 2.33. The number of aromatic nitrogens is 2. The largest absolute Gasteiger partial charge is 0.410 e. The average Bonchev–Trinajstić information content (AvgIpc) is 2.86. The van der Waals surface area contributed by atoms with Crippen LogP contribution in [0.25, 0.3) is 0 Å². The number of halogens is 1. The van der Waals surface area contributed by atoms with Gasteiger partial charge >= 0.3 is 5.82 Å². The molecule has 1 unspecified atom stereocenters. The van der Waals surface area contributed by atoms with Crippen molar-refractivity contribution < 1.29 is 13.3 Å². The summed E-state index contributed by atoms with van der Waals surface area (Å²) < 4.78 is 28.0. The predicted octanol–water partition coefficient (Wildman–Crippen LogP) is 0.981. The van der Waals surface area contributed by atoms with Gasteiger partial charge in [0, 0.05) is 19.1 Å². The van der Waals surface area contributed by atoms with Crippen molar-refractivity contribution in [2.45, 2.75) is 44.7 Å². The van der Waals surface area contributed by atoms with Crippen molar-refractivity contribution in [3.63, 3.8) is 0 Å². The van der Waals surface area contributed by atoms with Gasteiger partial charge in [-0.3, -0.25) is 0 Å². The predicted molar refractivity (Wildman–Crippen MR) is 86.9 cm³/mol. The maximum atomic E-state index is 12.8. The number of nitro groups is 1. The number of piperidine rings is 1. The molecule has 0 bridgehead atoms. The second kappa shape index (κ2) is 6.71. The summed E-state index contributed by atoms with van der Waals surface area (Å²) in [5, 5.41) is 14.8. The van der Waals surface area contributed by atoms with Crippen molar-refractivity contribution in [1.29, 1.82) is 0 Å². The van der Waals surface area contributed by atoms with Crippen molar-refractivity contribution in [3.8, 4) is 0 Å². The fourth-order valence-corrected chi connectivity index (χ4v) is 4.26. The zero-order chi connectivity index (χ0) is 16.7. The van der Waals surface area contributed by atoms with Gasteiger partial charge in [0.15, 0.2) is 0 Å². The first kappa shape index (κ1) is 19.8. The number of sulfonamides is 1. The molecule has 1 fully saturated rings. The Balaban J connectivity index is 0.00000264. The highest BCUT2D eigenvalue weighted by molar-refractivity contribution is 7.89. The van der Waals surface area contributed by atoms with Crippen LogP contribution in [0.3, 0.4) is 0 Å². The summed E-state index contributed by atoms with van der Waals surface area (Å²) in [5.74, 6) is -0.630. The van der Waals surface area contributed by atoms with Gasteiger partial charge < -0.3 is 15.8 Å². The second-order valence-corrected chi connectivity index (χ2v) is 8.06. The summed E-state index contributed by atoms with van der Waals surface area (Å²) in [6, 6.07) is -0.104. The Bertz CT molecular complexity index is 688. The lowest BCUT2D eigenvalue weighted by Crippen LogP contribution is -2.53. The zero-order valence-corrected chi connectivity index (χ0v) is 14.9. The third-order valence-electron chi connectivity index (χ3n) is 4.10. The molecule has 9 nitrogen and oxygen atoms in total. The van der Waals surface area contributed by atoms with Crippen molar-refractivity contribution in [1.82, 2.24) is 14.1 Å². The van der Waals surface area contributed by atoms with Crippen LogP contribution < -0.4 is 5.73 Å². The first-order valence-electron chi connectivity index (χ1n) is 7.07. The Morgan fingerprint density at radius 1 is 1.52 bits per heavy atom. The van der Waals surface area contributed by atoms with Crippen LogP contribution in [-0.2, 0) is 16.6 Å². The van der Waals surface area contributed by atoms with Crippen LogP contribution >= 0.6 is 12.4 Å². The Labute approximate surface area is 141 Å². The van der Waals surface area contributed by atoms with Crippen LogP contribution in [0.15, 0.2) is 11.1 Å². The van der Waals surface area contributed by atoms with Gasteiger partial charge in [0.1, 0.15) is 0 Å². The maximum Gasteiger partial charge on any atom is 0.410 e. The molecule has 23 heavy (non-hydrogen) atoms. The van der Waals surface area contributed by atoms with E-state index in [-0.39, 0.29) is 41.8 Å². The van der Waals surface area contributed by atoms with Crippen LogP contribution in [-0.4, -0.2) is 46.6 Å². The van der Waals surface area contributed by atoms with E-state index in [0.717, 1.165) is 0 Å². The minimum Gasteiger partial charge on any atom is -0.358 e. The molecule has 2 N–H and O–H groups in total. The summed E-state index contributed by atoms with van der Waals surface area (Å²) in [7, 11) is -3.97. The van der Waals surface area contributed by atoms with Crippen molar-refractivity contribution in [2.24, 2.45) is 11.1 Å². The van der Waals surface area contributed by atoms with Crippen LogP contribution in [0, 0.1) is 15.5 Å². The Kier molecular flexibility index (Phi) is 5.79. The summed E-state index contributed by atoms with van der Waals surface area (Å²) in [6.07, 6.45) is 1.73. The molecule has 0 spiro atoms. The van der Waals surface area contributed by atoms with E-state index in [0.29, 0.717) is 13.0 Å². The molecule has 0 saturated carbocycles. The molecule has 1 atom stereocenters. The molecule has 0 radical (unpaired) electrons. The van der Waals surface area contributed by atoms with Crippen LogP contribution in [0.1, 0.15) is 27.2 Å². The van der Waals surface area contributed by atoms with Crippen molar-refractivity contribution in [2.75, 3.05) is 13.1 Å². The van der Waals surface area contributed by atoms with E-state index in [1.54, 1.807) is 6.92 Å². The average molecular weight is 368 g/mol. The zero-order valence-electron chi connectivity index (χ0n) is 13.3. The van der Waals surface area contributed by atoms with E-state index >= 15 is 0 Å². The molecular weight excluding hydrogens is 346 g/mol. The van der Waals surface area contributed by atoms with Crippen LogP contribution in [0.2, 0.25) is 0 Å². The van der Waals surface area contributed by atoms with Gasteiger partial charge in [0.25, 0.3) is 10.0 Å². The number of hydrogen-bond acceptors (Lipinski definition) is 6. The van der Waals surface area contributed by atoms with Crippen LogP contribution in [0.5, 0.6) is 0 Å². The molecule has 1 aliphatic heterocycles. The molecule has 0 amide bonds. The number of nitrogens with two attached hydrogens (primary N) is 1. The van der Waals surface area contributed by atoms with E-state index in [4.69, 9.17) is 5.73 Å². The lowest BCUT2D eigenvalue weighted by molar-refractivity contribution is -0.392. The second-order valence-electron chi connectivity index (χ2n) is 6.15. The first-order valence-corrected chi connectivity index (χ1v) is 8.51. The minimum atomic E-state index is -3.97. The third-order valence-corrected chi connectivity index (χ3v) is 5.94. The number of hydrogen-bond donors (Lipinski definition) is 1. The van der Waals surface area contributed by atoms with Gasteiger partial charge in [0.05, 0.1) is 17.8 Å². The summed E-state index contributed by atoms with van der Waals surface area (Å²) >= 11 is 0. The molecule has 0 aromatic carbocycles. The van der Waals surface area contributed by atoms with E-state index in [9.17, 15) is 18.5 Å². The van der Waals surface area contributed by atoms with Crippen LogP contribution in [0.4, 0.5) is 5.82 Å². The topological polar surface area (TPSA) is 124 Å². The normalized spacial score (nSPS) is 21.7. The molecule has 2 heterocycles. The molecule has 11 heteroatoms. The highest BCUT2D eigenvalue weighted by Gasteiger charge is 2.42. The standard InChI is InChI=1S/C12H21N5O4S.ClH/c1-4-15-7-9(11(14-15)17(18)19)22(20,21)16-6-5-10(13)12(2,3)8-16;/h7,10H,4-6,8,13H2,1-3H3;1H. The molecule has 1 aromatic rings. The number of rotatable bonds is 4. The Hall–Kier alpha value is -1.23. The van der Waals surface area contributed by atoms with E-state index < -0.39 is 20.8 Å². The highest BCUT2D eigenvalue weighted by atomic mass is 35.5. The lowest BCUT2D eigenvalue weighted by Gasteiger charge is -2.41. The molecule has 2 rings (SSSR count). The van der Waals surface area contributed by atoms with Gasteiger partial charge in [-0.05, 0) is 23.7 Å². The Morgan fingerprint density at radius 3 is 2.61 bits per heavy atom. The summed E-state index contributed by atoms with van der Waals surface area (Å²) in [5.41, 5.74) is 5.63. The fourth-order valence-electron chi connectivity index (χ4n) is 2.53. The molecule has 1 saturated heterocycles. The molecule has 132 valence electrons. The van der Waals surface area contributed by atoms with Gasteiger partial charge in [-0.15, -0.1) is 12.4 Å². The minimum absolute atomic E-state index is 0. The van der Waals surface area contributed by atoms with Gasteiger partial charge in [-0.1, -0.05) is 13.8 Å².